The first-order valence-electron chi connectivity index (χ1n) is 13.0. The average Bonchev–Trinajstić information content (AvgIpc) is 2.74. The molecular weight excluding hydrogens is 392 g/mol. The Bertz CT molecular complexity index is 478. The number of cyclic esters (lactones) is 1. The molecule has 182 valence electrons. The Balaban J connectivity index is 2.36. The molecule has 1 heterocycles. The van der Waals surface area contributed by atoms with Crippen LogP contribution < -0.4 is 0 Å². The quantitative estimate of drug-likeness (QED) is 0.155. The van der Waals surface area contributed by atoms with Gasteiger partial charge in [0, 0.05) is 6.42 Å². The maximum absolute atomic E-state index is 11.9. The zero-order valence-electron chi connectivity index (χ0n) is 20.4. The van der Waals surface area contributed by atoms with E-state index in [4.69, 9.17) is 14.6 Å². The second kappa shape index (κ2) is 17.5. The molecule has 0 radical (unpaired) electrons. The highest BCUT2D eigenvalue weighted by molar-refractivity contribution is 5.78. The second-order valence-corrected chi connectivity index (χ2v) is 9.48. The summed E-state index contributed by atoms with van der Waals surface area (Å²) < 4.78 is 11.4. The first kappa shape index (κ1) is 27.9. The van der Waals surface area contributed by atoms with Crippen LogP contribution in [0.1, 0.15) is 124 Å². The summed E-state index contributed by atoms with van der Waals surface area (Å²) in [5.41, 5.74) is 0. The molecule has 5 heteroatoms. The van der Waals surface area contributed by atoms with E-state index < -0.39 is 11.9 Å². The number of esters is 1. The molecule has 1 aliphatic heterocycles. The molecule has 1 N–H and O–H groups in total. The van der Waals surface area contributed by atoms with Gasteiger partial charge in [-0.05, 0) is 19.8 Å². The normalized spacial score (nSPS) is 20.2. The smallest absolute Gasteiger partial charge is 0.313 e. The molecule has 0 saturated carbocycles. The third-order valence-electron chi connectivity index (χ3n) is 6.52. The van der Waals surface area contributed by atoms with Gasteiger partial charge in [0.15, 0.2) is 0 Å². The molecule has 0 aromatic heterocycles. The van der Waals surface area contributed by atoms with Crippen molar-refractivity contribution in [3.8, 4) is 0 Å². The number of aliphatic carboxylic acids is 1. The predicted octanol–water partition coefficient (Wildman–Crippen LogP) is 6.92. The van der Waals surface area contributed by atoms with E-state index in [1.165, 1.54) is 70.6 Å². The molecule has 0 aromatic rings. The number of hydrogen-bond acceptors (Lipinski definition) is 4. The number of ether oxygens (including phenoxy) is 2. The molecule has 0 spiro atoms. The van der Waals surface area contributed by atoms with Crippen LogP contribution in [-0.2, 0) is 19.1 Å². The lowest BCUT2D eigenvalue weighted by Gasteiger charge is -2.37. The summed E-state index contributed by atoms with van der Waals surface area (Å²) in [6, 6.07) is 0. The third-order valence-corrected chi connectivity index (χ3v) is 6.52. The molecule has 0 aliphatic carbocycles. The molecule has 1 aliphatic rings. The monoisotopic (exact) mass is 440 g/mol. The Hall–Kier alpha value is -1.10. The van der Waals surface area contributed by atoms with E-state index in [-0.39, 0.29) is 30.7 Å². The van der Waals surface area contributed by atoms with E-state index in [2.05, 4.69) is 13.8 Å². The topological polar surface area (TPSA) is 72.8 Å². The lowest BCUT2D eigenvalue weighted by Crippen LogP contribution is -2.47. The van der Waals surface area contributed by atoms with Gasteiger partial charge in [0.05, 0.1) is 24.5 Å². The molecule has 0 amide bonds. The second-order valence-electron chi connectivity index (χ2n) is 9.48. The van der Waals surface area contributed by atoms with Gasteiger partial charge in [-0.25, -0.2) is 0 Å². The molecule has 4 atom stereocenters. The highest BCUT2D eigenvalue weighted by Crippen LogP contribution is 2.32. The summed E-state index contributed by atoms with van der Waals surface area (Å²) in [5.74, 6) is -1.41. The molecular formula is C26H48O5. The molecule has 31 heavy (non-hydrogen) atoms. The highest BCUT2D eigenvalue weighted by atomic mass is 16.6. The van der Waals surface area contributed by atoms with Gasteiger partial charge in [0.2, 0.25) is 0 Å². The first-order valence-corrected chi connectivity index (χ1v) is 13.0. The Labute approximate surface area is 190 Å². The minimum Gasteiger partial charge on any atom is -0.481 e. The first-order chi connectivity index (χ1) is 15.0. The summed E-state index contributed by atoms with van der Waals surface area (Å²) in [7, 11) is 0. The van der Waals surface area contributed by atoms with Crippen LogP contribution in [0, 0.1) is 11.8 Å². The van der Waals surface area contributed by atoms with E-state index >= 15 is 0 Å². The lowest BCUT2D eigenvalue weighted by atomic mass is 9.86. The van der Waals surface area contributed by atoms with Crippen LogP contribution >= 0.6 is 0 Å². The van der Waals surface area contributed by atoms with Crippen molar-refractivity contribution >= 4 is 11.9 Å². The Kier molecular flexibility index (Phi) is 15.7. The van der Waals surface area contributed by atoms with Gasteiger partial charge < -0.3 is 14.6 Å². The zero-order valence-corrected chi connectivity index (χ0v) is 20.4. The summed E-state index contributed by atoms with van der Waals surface area (Å²) in [6.45, 7) is 6.33. The summed E-state index contributed by atoms with van der Waals surface area (Å²) in [5, 5.41) is 9.15. The number of carboxylic acids is 1. The van der Waals surface area contributed by atoms with Crippen LogP contribution in [0.4, 0.5) is 0 Å². The molecule has 0 bridgehead atoms. The minimum atomic E-state index is -0.828. The van der Waals surface area contributed by atoms with Gasteiger partial charge >= 0.3 is 11.9 Å². The fraction of sp³-hybridized carbons (Fsp3) is 0.923. The fourth-order valence-corrected chi connectivity index (χ4v) is 4.27. The van der Waals surface area contributed by atoms with Crippen LogP contribution in [0.5, 0.6) is 0 Å². The Morgan fingerprint density at radius 1 is 0.935 bits per heavy atom. The zero-order chi connectivity index (χ0) is 22.9. The van der Waals surface area contributed by atoms with Crippen molar-refractivity contribution in [2.45, 2.75) is 136 Å². The molecule has 1 saturated heterocycles. The number of carboxylic acid groups (broad SMARTS) is 1. The standard InChI is InChI=1S/C26H48O5/c1-4-6-8-10-11-12-13-14-15-17-22(30-20-21(3)25(27)28)19-24-23(26(29)31-24)18-16-9-7-5-2/h21-24H,4-20H2,1-3H3,(H,27,28)/t21?,22-,23-,24-/m0/s1. The summed E-state index contributed by atoms with van der Waals surface area (Å²) >= 11 is 0. The average molecular weight is 441 g/mol. The van der Waals surface area contributed by atoms with Crippen molar-refractivity contribution < 1.29 is 24.2 Å². The van der Waals surface area contributed by atoms with Gasteiger partial charge in [-0.15, -0.1) is 0 Å². The van der Waals surface area contributed by atoms with Gasteiger partial charge in [-0.1, -0.05) is 97.3 Å². The maximum Gasteiger partial charge on any atom is 0.313 e. The molecule has 1 rings (SSSR count). The largest absolute Gasteiger partial charge is 0.481 e. The highest BCUT2D eigenvalue weighted by Gasteiger charge is 2.42. The van der Waals surface area contributed by atoms with Crippen LogP contribution in [0.25, 0.3) is 0 Å². The molecule has 0 aromatic carbocycles. The third kappa shape index (κ3) is 12.5. The van der Waals surface area contributed by atoms with Crippen LogP contribution in [-0.4, -0.2) is 35.9 Å². The number of carbonyl (C=O) groups excluding carboxylic acids is 1. The summed E-state index contributed by atoms with van der Waals surface area (Å²) in [6.07, 6.45) is 18.6. The molecule has 5 nitrogen and oxygen atoms in total. The number of carbonyl (C=O) groups is 2. The van der Waals surface area contributed by atoms with Crippen molar-refractivity contribution in [3.05, 3.63) is 0 Å². The number of unbranched alkanes of at least 4 members (excludes halogenated alkanes) is 11. The van der Waals surface area contributed by atoms with Gasteiger partial charge in [0.1, 0.15) is 6.10 Å². The van der Waals surface area contributed by atoms with E-state index in [0.29, 0.717) is 6.42 Å². The van der Waals surface area contributed by atoms with Gasteiger partial charge in [-0.3, -0.25) is 9.59 Å². The predicted molar refractivity (Wildman–Crippen MR) is 125 cm³/mol. The van der Waals surface area contributed by atoms with Crippen LogP contribution in [0.2, 0.25) is 0 Å². The molecule has 1 fully saturated rings. The van der Waals surface area contributed by atoms with Crippen molar-refractivity contribution in [2.75, 3.05) is 6.61 Å². The van der Waals surface area contributed by atoms with Gasteiger partial charge in [0.25, 0.3) is 0 Å². The van der Waals surface area contributed by atoms with Crippen LogP contribution in [0.15, 0.2) is 0 Å². The minimum absolute atomic E-state index is 0.00275. The van der Waals surface area contributed by atoms with E-state index in [0.717, 1.165) is 25.7 Å². The van der Waals surface area contributed by atoms with Crippen molar-refractivity contribution in [2.24, 2.45) is 11.8 Å². The summed E-state index contributed by atoms with van der Waals surface area (Å²) in [4.78, 5) is 23.1. The number of hydrogen-bond donors (Lipinski definition) is 1. The SMILES string of the molecule is CCCCCCCCCCC[C@@H](C[C@@H]1OC(=O)[C@H]1CCCCCC)OCC(C)C(=O)O. The van der Waals surface area contributed by atoms with Crippen molar-refractivity contribution in [1.29, 1.82) is 0 Å². The van der Waals surface area contributed by atoms with Crippen molar-refractivity contribution in [1.82, 2.24) is 0 Å². The fourth-order valence-electron chi connectivity index (χ4n) is 4.27. The lowest BCUT2D eigenvalue weighted by molar-refractivity contribution is -0.190. The Morgan fingerprint density at radius 2 is 1.48 bits per heavy atom. The molecule has 1 unspecified atom stereocenters. The van der Waals surface area contributed by atoms with E-state index in [1.807, 2.05) is 0 Å². The van der Waals surface area contributed by atoms with Crippen molar-refractivity contribution in [3.63, 3.8) is 0 Å². The van der Waals surface area contributed by atoms with E-state index in [9.17, 15) is 9.59 Å². The maximum atomic E-state index is 11.9. The van der Waals surface area contributed by atoms with Gasteiger partial charge in [-0.2, -0.15) is 0 Å². The van der Waals surface area contributed by atoms with E-state index in [1.54, 1.807) is 6.92 Å². The van der Waals surface area contributed by atoms with Crippen LogP contribution in [0.3, 0.4) is 0 Å². The Morgan fingerprint density at radius 3 is 2.03 bits per heavy atom. The number of rotatable bonds is 21.